The molecule has 4 heteroatoms. The molecule has 0 radical (unpaired) electrons. The highest BCUT2D eigenvalue weighted by Gasteiger charge is 2.36. The lowest BCUT2D eigenvalue weighted by atomic mass is 9.75. The third kappa shape index (κ3) is 4.20. The number of carbonyl (C=O) groups excluding carboxylic acids is 1. The molecule has 0 bridgehead atoms. The summed E-state index contributed by atoms with van der Waals surface area (Å²) in [5.74, 6) is 1.56. The maximum absolute atomic E-state index is 12.3. The Morgan fingerprint density at radius 3 is 2.56 bits per heavy atom. The Labute approximate surface area is 111 Å². The molecular weight excluding hydrogens is 247 g/mol. The molecule has 0 aromatic heterocycles. The lowest BCUT2D eigenvalue weighted by Crippen LogP contribution is -2.33. The van der Waals surface area contributed by atoms with Crippen LogP contribution in [0.1, 0.15) is 53.4 Å². The summed E-state index contributed by atoms with van der Waals surface area (Å²) in [6, 6.07) is 0.563. The van der Waals surface area contributed by atoms with Gasteiger partial charge in [0.15, 0.2) is 0 Å². The molecule has 1 aliphatic rings. The van der Waals surface area contributed by atoms with Gasteiger partial charge in [-0.1, -0.05) is 34.1 Å². The van der Waals surface area contributed by atoms with Gasteiger partial charge in [0.05, 0.1) is 6.10 Å². The third-order valence-corrected chi connectivity index (χ3v) is 5.99. The van der Waals surface area contributed by atoms with E-state index < -0.39 is 7.37 Å². The summed E-state index contributed by atoms with van der Waals surface area (Å²) in [6.07, 6.45) is 4.37. The zero-order valence-electron chi connectivity index (χ0n) is 12.1. The number of rotatable bonds is 6. The zero-order valence-corrected chi connectivity index (χ0v) is 13.0. The first-order valence-corrected chi connectivity index (χ1v) is 9.03. The van der Waals surface area contributed by atoms with Gasteiger partial charge in [0.2, 0.25) is 6.03 Å². The standard InChI is InChI=1S/C14H27O3P/c1-5-8-18(16,10-15)17-14-9-12(4)6-7-13(14)11(2)3/h10-14H,5-9H2,1-4H3/t12-,13+,14-,18-/m1/s1. The molecule has 1 fully saturated rings. The fourth-order valence-corrected chi connectivity index (χ4v) is 4.49. The van der Waals surface area contributed by atoms with E-state index in [1.165, 1.54) is 6.42 Å². The van der Waals surface area contributed by atoms with E-state index in [1.54, 1.807) is 0 Å². The van der Waals surface area contributed by atoms with Gasteiger partial charge in [0, 0.05) is 6.16 Å². The number of hydrogen-bond acceptors (Lipinski definition) is 3. The zero-order chi connectivity index (χ0) is 13.8. The van der Waals surface area contributed by atoms with Crippen LogP contribution in [0.15, 0.2) is 0 Å². The van der Waals surface area contributed by atoms with Gasteiger partial charge in [0.25, 0.3) is 7.37 Å². The van der Waals surface area contributed by atoms with Gasteiger partial charge in [-0.3, -0.25) is 9.36 Å². The Morgan fingerprint density at radius 1 is 1.39 bits per heavy atom. The summed E-state index contributed by atoms with van der Waals surface area (Å²) in [7, 11) is -3.05. The van der Waals surface area contributed by atoms with Crippen molar-refractivity contribution in [2.45, 2.75) is 59.5 Å². The van der Waals surface area contributed by atoms with Crippen LogP contribution in [0.2, 0.25) is 0 Å². The summed E-state index contributed by atoms with van der Waals surface area (Å²) in [5, 5.41) is 0. The molecule has 18 heavy (non-hydrogen) atoms. The van der Waals surface area contributed by atoms with Crippen molar-refractivity contribution in [3.63, 3.8) is 0 Å². The molecule has 1 rings (SSSR count). The van der Waals surface area contributed by atoms with Crippen LogP contribution in [0.5, 0.6) is 0 Å². The highest BCUT2D eigenvalue weighted by Crippen LogP contribution is 2.49. The van der Waals surface area contributed by atoms with Crippen molar-refractivity contribution in [2.24, 2.45) is 17.8 Å². The van der Waals surface area contributed by atoms with Gasteiger partial charge >= 0.3 is 0 Å². The van der Waals surface area contributed by atoms with Crippen molar-refractivity contribution in [3.8, 4) is 0 Å². The minimum absolute atomic E-state index is 0.00340. The van der Waals surface area contributed by atoms with Crippen LogP contribution in [0.4, 0.5) is 0 Å². The maximum Gasteiger partial charge on any atom is 0.263 e. The minimum Gasteiger partial charge on any atom is -0.320 e. The van der Waals surface area contributed by atoms with E-state index in [9.17, 15) is 9.36 Å². The molecule has 0 unspecified atom stereocenters. The first-order chi connectivity index (χ1) is 8.41. The lowest BCUT2D eigenvalue weighted by molar-refractivity contribution is 0.0502. The summed E-state index contributed by atoms with van der Waals surface area (Å²) in [6.45, 7) is 8.51. The van der Waals surface area contributed by atoms with Crippen LogP contribution in [0.3, 0.4) is 0 Å². The van der Waals surface area contributed by atoms with Gasteiger partial charge in [-0.25, -0.2) is 0 Å². The van der Waals surface area contributed by atoms with Crippen LogP contribution in [0, 0.1) is 17.8 Å². The van der Waals surface area contributed by atoms with Crippen molar-refractivity contribution < 1.29 is 13.9 Å². The highest BCUT2D eigenvalue weighted by atomic mass is 31.2. The molecule has 106 valence electrons. The molecule has 0 aromatic rings. The normalized spacial score (nSPS) is 32.2. The van der Waals surface area contributed by atoms with Crippen molar-refractivity contribution in [2.75, 3.05) is 6.16 Å². The molecule has 0 aliphatic heterocycles. The maximum atomic E-state index is 12.3. The van der Waals surface area contributed by atoms with Crippen molar-refractivity contribution in [1.29, 1.82) is 0 Å². The van der Waals surface area contributed by atoms with E-state index in [0.717, 1.165) is 19.3 Å². The Hall–Kier alpha value is -0.140. The van der Waals surface area contributed by atoms with Crippen LogP contribution >= 0.6 is 7.37 Å². The quantitative estimate of drug-likeness (QED) is 0.534. The predicted molar refractivity (Wildman–Crippen MR) is 75.7 cm³/mol. The van der Waals surface area contributed by atoms with Crippen molar-refractivity contribution >= 4 is 13.4 Å². The SMILES string of the molecule is CCC[P@](=O)(C=O)O[C@@H]1C[C@H](C)CC[C@H]1C(C)C. The second-order valence-corrected chi connectivity index (χ2v) is 8.35. The largest absolute Gasteiger partial charge is 0.320 e. The number of carbonyl (C=O) groups is 1. The summed E-state index contributed by atoms with van der Waals surface area (Å²) >= 11 is 0. The number of hydrogen-bond donors (Lipinski definition) is 0. The van der Waals surface area contributed by atoms with Gasteiger partial charge in [-0.05, 0) is 37.0 Å². The second-order valence-electron chi connectivity index (χ2n) is 6.03. The minimum atomic E-state index is -3.05. The molecule has 0 heterocycles. The molecule has 0 spiro atoms. The van der Waals surface area contributed by atoms with Crippen LogP contribution in [-0.4, -0.2) is 18.3 Å². The van der Waals surface area contributed by atoms with Crippen molar-refractivity contribution in [1.82, 2.24) is 0 Å². The smallest absolute Gasteiger partial charge is 0.263 e. The fourth-order valence-electron chi connectivity index (χ4n) is 2.91. The van der Waals surface area contributed by atoms with Crippen LogP contribution < -0.4 is 0 Å². The average Bonchev–Trinajstić information content (AvgIpc) is 2.29. The van der Waals surface area contributed by atoms with E-state index in [0.29, 0.717) is 29.9 Å². The topological polar surface area (TPSA) is 43.4 Å². The Balaban J connectivity index is 2.76. The second kappa shape index (κ2) is 6.86. The van der Waals surface area contributed by atoms with Gasteiger partial charge in [0.1, 0.15) is 0 Å². The molecule has 4 atom stereocenters. The third-order valence-electron chi connectivity index (χ3n) is 3.97. The average molecular weight is 274 g/mol. The lowest BCUT2D eigenvalue weighted by Gasteiger charge is -2.38. The molecule has 1 aliphatic carbocycles. The Kier molecular flexibility index (Phi) is 6.07. The van der Waals surface area contributed by atoms with Gasteiger partial charge in [-0.15, -0.1) is 0 Å². The highest BCUT2D eigenvalue weighted by molar-refractivity contribution is 7.73. The van der Waals surface area contributed by atoms with E-state index >= 15 is 0 Å². The molecule has 0 saturated heterocycles. The summed E-state index contributed by atoms with van der Waals surface area (Å²) in [4.78, 5) is 11.1. The molecule has 0 N–H and O–H groups in total. The van der Waals surface area contributed by atoms with Gasteiger partial charge in [-0.2, -0.15) is 0 Å². The fraction of sp³-hybridized carbons (Fsp3) is 0.929. The van der Waals surface area contributed by atoms with E-state index in [4.69, 9.17) is 4.52 Å². The summed E-state index contributed by atoms with van der Waals surface area (Å²) < 4.78 is 18.1. The van der Waals surface area contributed by atoms with Gasteiger partial charge < -0.3 is 4.52 Å². The van der Waals surface area contributed by atoms with E-state index in [1.807, 2.05) is 6.92 Å². The molecule has 1 saturated carbocycles. The molecular formula is C14H27O3P. The predicted octanol–water partition coefficient (Wildman–Crippen LogP) is 4.34. The van der Waals surface area contributed by atoms with Crippen molar-refractivity contribution in [3.05, 3.63) is 0 Å². The van der Waals surface area contributed by atoms with E-state index in [2.05, 4.69) is 20.8 Å². The Bertz CT molecular complexity index is 314. The monoisotopic (exact) mass is 274 g/mol. The molecule has 3 nitrogen and oxygen atoms in total. The first kappa shape index (κ1) is 15.9. The molecule has 0 amide bonds. The van der Waals surface area contributed by atoms with E-state index in [-0.39, 0.29) is 6.10 Å². The first-order valence-electron chi connectivity index (χ1n) is 7.15. The molecule has 0 aromatic carbocycles. The van der Waals surface area contributed by atoms with Crippen LogP contribution in [-0.2, 0) is 13.9 Å². The van der Waals surface area contributed by atoms with Crippen LogP contribution in [0.25, 0.3) is 0 Å². The summed E-state index contributed by atoms with van der Waals surface area (Å²) in [5.41, 5.74) is 0. The Morgan fingerprint density at radius 2 is 2.06 bits per heavy atom.